The lowest BCUT2D eigenvalue weighted by atomic mass is 31.0. The van der Waals surface area contributed by atoms with Crippen LogP contribution in [0.15, 0.2) is 0 Å². The van der Waals surface area contributed by atoms with Gasteiger partial charge in [0.25, 0.3) is 0 Å². The van der Waals surface area contributed by atoms with E-state index in [9.17, 15) is 0 Å². The molecule has 0 amide bonds. The Bertz CT molecular complexity index is 0. The van der Waals surface area contributed by atoms with Gasteiger partial charge in [-0.3, -0.25) is 0 Å². The van der Waals surface area contributed by atoms with E-state index < -0.39 is 0 Å². The predicted molar refractivity (Wildman–Crippen MR) is 44.4 cm³/mol. The highest BCUT2D eigenvalue weighted by molar-refractivity contribution is 6.92. The average molecular weight is 136 g/mol. The van der Waals surface area contributed by atoms with Gasteiger partial charge in [0, 0.05) is 0 Å². The number of hydrogen-bond donors (Lipinski definition) is 0. The molecule has 0 bridgehead atoms. The highest BCUT2D eigenvalue weighted by atomic mass is 31.0. The Balaban J connectivity index is 0. The van der Waals surface area contributed by atoms with Crippen molar-refractivity contribution >= 4 is 39.6 Å². The van der Waals surface area contributed by atoms with Crippen LogP contribution in [0.3, 0.4) is 0 Å². The van der Waals surface area contributed by atoms with E-state index in [0.29, 0.717) is 0 Å². The van der Waals surface area contributed by atoms with Crippen LogP contribution in [0.2, 0.25) is 0 Å². The average Bonchev–Trinajstić information content (AvgIpc) is 0. The quantitative estimate of drug-likeness (QED) is 0.418. The first-order valence-electron chi connectivity index (χ1n) is 0. The van der Waals surface area contributed by atoms with Gasteiger partial charge in [0.1, 0.15) is 0 Å². The van der Waals surface area contributed by atoms with Gasteiger partial charge in [0.2, 0.25) is 0 Å². The summed E-state index contributed by atoms with van der Waals surface area (Å²) in [6.45, 7) is 0. The third-order valence-electron chi connectivity index (χ3n) is 0. The Hall–Kier alpha value is 1.72. The molecule has 0 aliphatic rings. The molecule has 0 aliphatic heterocycles. The van der Waals surface area contributed by atoms with Crippen LogP contribution < -0.4 is 0 Å². The van der Waals surface area contributed by atoms with Crippen molar-refractivity contribution in [1.82, 2.24) is 0 Å². The fourth-order valence-corrected chi connectivity index (χ4v) is 0. The maximum Gasteiger partial charge on any atom is -0.153 e. The minimum absolute atomic E-state index is 0. The lowest BCUT2D eigenvalue weighted by Gasteiger charge is -0.154. The van der Waals surface area contributed by atoms with Gasteiger partial charge in [-0.2, -0.15) is 39.6 Å². The Morgan fingerprint density at radius 3 is 0.250 bits per heavy atom. The molecular weight excluding hydrogens is 124 g/mol. The summed E-state index contributed by atoms with van der Waals surface area (Å²) in [6.07, 6.45) is 0. The van der Waals surface area contributed by atoms with Gasteiger partial charge in [-0.15, -0.1) is 0 Å². The summed E-state index contributed by atoms with van der Waals surface area (Å²) in [5, 5.41) is 0. The molecule has 0 aromatic rings. The molecule has 0 radical (unpaired) electrons. The highest BCUT2D eigenvalue weighted by Crippen LogP contribution is 0.864. The van der Waals surface area contributed by atoms with Gasteiger partial charge in [0.05, 0.1) is 0 Å². The van der Waals surface area contributed by atoms with Crippen LogP contribution in [0.1, 0.15) is 0 Å². The summed E-state index contributed by atoms with van der Waals surface area (Å²) in [4.78, 5) is 0. The van der Waals surface area contributed by atoms with E-state index in [4.69, 9.17) is 0 Å². The molecule has 4 unspecified atom stereocenters. The molecule has 0 saturated heterocycles. The van der Waals surface area contributed by atoms with E-state index in [1.54, 1.807) is 0 Å². The van der Waals surface area contributed by atoms with Crippen LogP contribution in [0.4, 0.5) is 0 Å². The van der Waals surface area contributed by atoms with Gasteiger partial charge in [-0.05, 0) is 0 Å². The monoisotopic (exact) mass is 136 g/mol. The summed E-state index contributed by atoms with van der Waals surface area (Å²) < 4.78 is 0. The Labute approximate surface area is 40.4 Å². The maximum atomic E-state index is 0. The predicted octanol–water partition coefficient (Wildman–Crippen LogP) is 0.232. The van der Waals surface area contributed by atoms with Gasteiger partial charge in [0.15, 0.2) is 0 Å². The van der Waals surface area contributed by atoms with Crippen LogP contribution in [0, 0.1) is 0 Å². The van der Waals surface area contributed by atoms with E-state index in [0.717, 1.165) is 0 Å². The van der Waals surface area contributed by atoms with Crippen molar-refractivity contribution in [1.29, 1.82) is 0 Å². The molecule has 0 heterocycles. The zero-order chi connectivity index (χ0) is 0. The third-order valence-corrected chi connectivity index (χ3v) is 0. The van der Waals surface area contributed by atoms with Crippen LogP contribution in [-0.2, 0) is 0 Å². The topological polar surface area (TPSA) is 0 Å². The molecule has 0 fully saturated rings. The number of rotatable bonds is 0. The van der Waals surface area contributed by atoms with Crippen LogP contribution in [-0.4, -0.2) is 0 Å². The molecule has 0 N–H and O–H groups in total. The zero-order valence-corrected chi connectivity index (χ0v) is 8.49. The van der Waals surface area contributed by atoms with Crippen molar-refractivity contribution in [3.8, 4) is 0 Å². The van der Waals surface area contributed by atoms with Crippen LogP contribution >= 0.6 is 39.6 Å². The first-order chi connectivity index (χ1) is 0. The van der Waals surface area contributed by atoms with Crippen molar-refractivity contribution in [2.24, 2.45) is 0 Å². The smallest absolute Gasteiger partial charge is 0.153 e. The minimum Gasteiger partial charge on any atom is -0.153 e. The van der Waals surface area contributed by atoms with E-state index in [1.807, 2.05) is 0 Å². The fourth-order valence-electron chi connectivity index (χ4n) is 0. The van der Waals surface area contributed by atoms with E-state index in [1.165, 1.54) is 0 Å². The van der Waals surface area contributed by atoms with Gasteiger partial charge in [-0.1, -0.05) is 0 Å². The normalized spacial score (nSPS) is 0. The number of hydrogen-bond acceptors (Lipinski definition) is 0. The standard InChI is InChI=1S/4H3P/h4*1H3. The third kappa shape index (κ3) is 9.30. The Morgan fingerprint density at radius 2 is 0.250 bits per heavy atom. The molecule has 0 saturated carbocycles. The zero-order valence-electron chi connectivity index (χ0n) is 2.83. The van der Waals surface area contributed by atoms with E-state index >= 15 is 0 Å². The minimum atomic E-state index is 0. The Morgan fingerprint density at radius 1 is 0.250 bits per heavy atom. The molecule has 0 aromatic heterocycles. The second-order valence-electron chi connectivity index (χ2n) is 0. The first-order valence-corrected chi connectivity index (χ1v) is 0. The molecule has 4 heteroatoms. The first kappa shape index (κ1) is 43.1. The van der Waals surface area contributed by atoms with Crippen LogP contribution in [0.25, 0.3) is 0 Å². The summed E-state index contributed by atoms with van der Waals surface area (Å²) >= 11 is 0. The molecule has 0 nitrogen and oxygen atoms in total. The largest absolute Gasteiger partial charge is 0.153 e. The van der Waals surface area contributed by atoms with Crippen LogP contribution in [0.5, 0.6) is 0 Å². The Kier molecular flexibility index (Phi) is 238. The summed E-state index contributed by atoms with van der Waals surface area (Å²) in [5.41, 5.74) is 0. The summed E-state index contributed by atoms with van der Waals surface area (Å²) in [6, 6.07) is 0. The lowest BCUT2D eigenvalue weighted by Crippen LogP contribution is 0.860. The molecule has 0 aliphatic carbocycles. The van der Waals surface area contributed by atoms with E-state index in [-0.39, 0.29) is 39.6 Å². The van der Waals surface area contributed by atoms with Gasteiger partial charge >= 0.3 is 0 Å². The lowest BCUT2D eigenvalue weighted by molar-refractivity contribution is 6.92. The van der Waals surface area contributed by atoms with Gasteiger partial charge in [-0.25, -0.2) is 0 Å². The molecular formula is H12P4. The SMILES string of the molecule is P.P.P.P. The molecule has 0 spiro atoms. The van der Waals surface area contributed by atoms with Gasteiger partial charge < -0.3 is 0 Å². The van der Waals surface area contributed by atoms with E-state index in [2.05, 4.69) is 0 Å². The molecule has 0 rings (SSSR count). The highest BCUT2D eigenvalue weighted by Gasteiger charge is -0.150. The van der Waals surface area contributed by atoms with Crippen molar-refractivity contribution in [2.75, 3.05) is 0 Å². The van der Waals surface area contributed by atoms with Crippen molar-refractivity contribution in [3.63, 3.8) is 0 Å². The fraction of sp³-hybridized carbons (Fsp3) is 0. The maximum absolute atomic E-state index is 0. The second-order valence-corrected chi connectivity index (χ2v) is 0. The summed E-state index contributed by atoms with van der Waals surface area (Å²) in [7, 11) is 0. The molecule has 4 atom stereocenters. The van der Waals surface area contributed by atoms with Crippen molar-refractivity contribution in [3.05, 3.63) is 0 Å². The molecule has 4 heavy (non-hydrogen) atoms. The summed E-state index contributed by atoms with van der Waals surface area (Å²) in [5.74, 6) is 0. The second kappa shape index (κ2) is 22.1. The van der Waals surface area contributed by atoms with Crippen molar-refractivity contribution < 1.29 is 0 Å². The molecule has 0 aromatic carbocycles. The molecule has 32 valence electrons. The van der Waals surface area contributed by atoms with Crippen molar-refractivity contribution in [2.45, 2.75) is 0 Å².